The number of halogens is 6. The third-order valence-electron chi connectivity index (χ3n) is 4.61. The van der Waals surface area contributed by atoms with Crippen LogP contribution in [-0.4, -0.2) is 49.2 Å². The van der Waals surface area contributed by atoms with Gasteiger partial charge in [-0.2, -0.15) is 0 Å². The predicted octanol–water partition coefficient (Wildman–Crippen LogP) is 5.29. The van der Waals surface area contributed by atoms with Crippen molar-refractivity contribution in [3.05, 3.63) is 52.0 Å². The fourth-order valence-corrected chi connectivity index (χ4v) is 3.88. The molecule has 174 valence electrons. The van der Waals surface area contributed by atoms with E-state index in [9.17, 15) is 18.3 Å². The second-order valence-corrected chi connectivity index (χ2v) is 7.44. The lowest BCUT2D eigenvalue weighted by atomic mass is 9.96. The van der Waals surface area contributed by atoms with Gasteiger partial charge in [0.1, 0.15) is 5.75 Å². The Bertz CT molecular complexity index is 836. The molecule has 0 spiro atoms. The van der Waals surface area contributed by atoms with Crippen LogP contribution in [0.2, 0.25) is 0 Å². The molecule has 2 aromatic rings. The fraction of sp³-hybridized carbons (Fsp3) is 0.400. The number of benzene rings is 2. The molecule has 1 saturated heterocycles. The van der Waals surface area contributed by atoms with Crippen LogP contribution < -0.4 is 14.8 Å². The number of aromatic hydroxyl groups is 1. The lowest BCUT2D eigenvalue weighted by molar-refractivity contribution is -0.274. The van der Waals surface area contributed by atoms with Gasteiger partial charge in [0.2, 0.25) is 0 Å². The summed E-state index contributed by atoms with van der Waals surface area (Å²) in [5.74, 6) is 0.111. The van der Waals surface area contributed by atoms with E-state index in [-0.39, 0.29) is 42.4 Å². The highest BCUT2D eigenvalue weighted by atomic mass is 79.9. The highest BCUT2D eigenvalue weighted by Gasteiger charge is 2.31. The van der Waals surface area contributed by atoms with Crippen molar-refractivity contribution in [3.63, 3.8) is 0 Å². The number of rotatable bonds is 6. The van der Waals surface area contributed by atoms with Crippen LogP contribution in [0.15, 0.2) is 40.9 Å². The van der Waals surface area contributed by atoms with Crippen molar-refractivity contribution < 1.29 is 27.8 Å². The number of nitrogens with zero attached hydrogens (tertiary/aromatic N) is 1. The zero-order chi connectivity index (χ0) is 21.0. The van der Waals surface area contributed by atoms with Crippen LogP contribution in [0, 0.1) is 0 Å². The maximum Gasteiger partial charge on any atom is 0.573 e. The van der Waals surface area contributed by atoms with Crippen LogP contribution in [0.1, 0.15) is 24.1 Å². The molecule has 1 aliphatic heterocycles. The van der Waals surface area contributed by atoms with Gasteiger partial charge in [-0.25, -0.2) is 0 Å². The average Bonchev–Trinajstić information content (AvgIpc) is 2.67. The molecular weight excluding hydrogens is 524 g/mol. The predicted molar refractivity (Wildman–Crippen MR) is 121 cm³/mol. The second-order valence-electron chi connectivity index (χ2n) is 6.59. The molecule has 0 saturated carbocycles. The minimum atomic E-state index is -4.73. The minimum absolute atomic E-state index is 0. The van der Waals surface area contributed by atoms with Gasteiger partial charge in [-0.05, 0) is 58.2 Å². The van der Waals surface area contributed by atoms with Gasteiger partial charge in [0.15, 0.2) is 11.5 Å². The van der Waals surface area contributed by atoms with Crippen LogP contribution >= 0.6 is 40.7 Å². The monoisotopic (exact) mass is 546 g/mol. The summed E-state index contributed by atoms with van der Waals surface area (Å²) in [5.41, 5.74) is 1.69. The van der Waals surface area contributed by atoms with E-state index >= 15 is 0 Å². The first-order valence-corrected chi connectivity index (χ1v) is 10.0. The SMILES string of the molecule is CCOc1cc([C@@H](c2ccc(OC(F)(F)F)cc2)N2CCNCC2)cc(Br)c1O.Cl.Cl. The molecule has 0 amide bonds. The number of phenols is 1. The van der Waals surface area contributed by atoms with Crippen LogP contribution in [0.5, 0.6) is 17.2 Å². The van der Waals surface area contributed by atoms with Gasteiger partial charge in [0.25, 0.3) is 0 Å². The summed E-state index contributed by atoms with van der Waals surface area (Å²) in [6.07, 6.45) is -4.73. The van der Waals surface area contributed by atoms with E-state index in [1.165, 1.54) is 12.1 Å². The van der Waals surface area contributed by atoms with E-state index in [0.29, 0.717) is 16.8 Å². The first kappa shape index (κ1) is 27.6. The topological polar surface area (TPSA) is 54.0 Å². The molecule has 0 unspecified atom stereocenters. The van der Waals surface area contributed by atoms with Crippen LogP contribution in [0.25, 0.3) is 0 Å². The lowest BCUT2D eigenvalue weighted by Gasteiger charge is -2.36. The standard InChI is InChI=1S/C20H22BrF3N2O3.2ClH/c1-2-28-17-12-14(11-16(21)19(17)27)18(26-9-7-25-8-10-26)13-3-5-15(6-4-13)29-20(22,23)24;;/h3-6,11-12,18,25,27H,2,7-10H2,1H3;2*1H/t18-;;/m1../s1. The smallest absolute Gasteiger partial charge is 0.503 e. The quantitative estimate of drug-likeness (QED) is 0.514. The summed E-state index contributed by atoms with van der Waals surface area (Å²) in [4.78, 5) is 2.24. The molecule has 2 N–H and O–H groups in total. The Balaban J connectivity index is 0.00000240. The maximum atomic E-state index is 12.5. The highest BCUT2D eigenvalue weighted by molar-refractivity contribution is 9.10. The van der Waals surface area contributed by atoms with Crippen molar-refractivity contribution in [1.82, 2.24) is 10.2 Å². The highest BCUT2D eigenvalue weighted by Crippen LogP contribution is 2.40. The van der Waals surface area contributed by atoms with E-state index in [2.05, 4.69) is 30.9 Å². The number of ether oxygens (including phenoxy) is 2. The van der Waals surface area contributed by atoms with E-state index in [0.717, 1.165) is 37.3 Å². The van der Waals surface area contributed by atoms with Gasteiger partial charge in [-0.15, -0.1) is 38.0 Å². The molecule has 3 rings (SSSR count). The third kappa shape index (κ3) is 7.32. The molecule has 0 radical (unpaired) electrons. The van der Waals surface area contributed by atoms with Crippen molar-refractivity contribution >= 4 is 40.7 Å². The molecule has 1 fully saturated rings. The summed E-state index contributed by atoms with van der Waals surface area (Å²) in [6, 6.07) is 9.27. The third-order valence-corrected chi connectivity index (χ3v) is 5.22. The van der Waals surface area contributed by atoms with E-state index in [1.54, 1.807) is 18.2 Å². The van der Waals surface area contributed by atoms with Crippen molar-refractivity contribution in [1.29, 1.82) is 0 Å². The molecule has 31 heavy (non-hydrogen) atoms. The molecule has 11 heteroatoms. The summed E-state index contributed by atoms with van der Waals surface area (Å²) >= 11 is 3.37. The van der Waals surface area contributed by atoms with Crippen molar-refractivity contribution in [3.8, 4) is 17.2 Å². The molecular formula is C20H24BrCl2F3N2O3. The number of hydrogen-bond acceptors (Lipinski definition) is 5. The number of alkyl halides is 3. The molecule has 0 aliphatic carbocycles. The number of phenolic OH excluding ortho intramolecular Hbond substituents is 1. The average molecular weight is 548 g/mol. The Hall–Kier alpha value is -1.39. The summed E-state index contributed by atoms with van der Waals surface area (Å²) in [6.45, 7) is 5.38. The van der Waals surface area contributed by atoms with E-state index in [1.807, 2.05) is 13.0 Å². The Kier molecular flexibility index (Phi) is 10.7. The summed E-state index contributed by atoms with van der Waals surface area (Å²) in [5, 5.41) is 13.5. The van der Waals surface area contributed by atoms with Gasteiger partial charge in [-0.3, -0.25) is 4.90 Å². The molecule has 2 aromatic carbocycles. The van der Waals surface area contributed by atoms with Gasteiger partial charge >= 0.3 is 6.36 Å². The molecule has 1 heterocycles. The number of nitrogens with one attached hydrogen (secondary N) is 1. The Morgan fingerprint density at radius 1 is 1.10 bits per heavy atom. The van der Waals surface area contributed by atoms with E-state index < -0.39 is 6.36 Å². The molecule has 1 atom stereocenters. The molecule has 0 bridgehead atoms. The molecule has 5 nitrogen and oxygen atoms in total. The number of hydrogen-bond donors (Lipinski definition) is 2. The lowest BCUT2D eigenvalue weighted by Crippen LogP contribution is -2.45. The van der Waals surface area contributed by atoms with Crippen LogP contribution in [-0.2, 0) is 0 Å². The maximum absolute atomic E-state index is 12.5. The second kappa shape index (κ2) is 12.0. The summed E-state index contributed by atoms with van der Waals surface area (Å²) < 4.78 is 47.5. The van der Waals surface area contributed by atoms with Crippen molar-refractivity contribution in [2.45, 2.75) is 19.3 Å². The van der Waals surface area contributed by atoms with Crippen LogP contribution in [0.4, 0.5) is 13.2 Å². The molecule has 1 aliphatic rings. The van der Waals surface area contributed by atoms with Gasteiger partial charge in [0.05, 0.1) is 17.1 Å². The van der Waals surface area contributed by atoms with Gasteiger partial charge in [-0.1, -0.05) is 12.1 Å². The molecule has 0 aromatic heterocycles. The van der Waals surface area contributed by atoms with Crippen molar-refractivity contribution in [2.24, 2.45) is 0 Å². The number of piperazine rings is 1. The van der Waals surface area contributed by atoms with Gasteiger partial charge in [0, 0.05) is 26.2 Å². The normalized spacial score (nSPS) is 15.4. The largest absolute Gasteiger partial charge is 0.573 e. The Morgan fingerprint density at radius 3 is 2.26 bits per heavy atom. The minimum Gasteiger partial charge on any atom is -0.503 e. The fourth-order valence-electron chi connectivity index (χ4n) is 3.42. The van der Waals surface area contributed by atoms with Crippen LogP contribution in [0.3, 0.4) is 0 Å². The summed E-state index contributed by atoms with van der Waals surface area (Å²) in [7, 11) is 0. The zero-order valence-corrected chi connectivity index (χ0v) is 19.8. The first-order valence-electron chi connectivity index (χ1n) is 9.24. The van der Waals surface area contributed by atoms with E-state index in [4.69, 9.17) is 4.74 Å². The van der Waals surface area contributed by atoms with Crippen molar-refractivity contribution in [2.75, 3.05) is 32.8 Å². The zero-order valence-electron chi connectivity index (χ0n) is 16.6. The van der Waals surface area contributed by atoms with Gasteiger partial charge < -0.3 is 19.9 Å². The Labute approximate surface area is 199 Å². The first-order chi connectivity index (χ1) is 13.8. The Morgan fingerprint density at radius 2 is 1.71 bits per heavy atom.